The first kappa shape index (κ1) is 12.0. The molecule has 2 rings (SSSR count). The van der Waals surface area contributed by atoms with Gasteiger partial charge in [-0.3, -0.25) is 9.69 Å². The van der Waals surface area contributed by atoms with Crippen LogP contribution < -0.4 is 5.32 Å². The molecule has 6 nitrogen and oxygen atoms in total. The lowest BCUT2D eigenvalue weighted by molar-refractivity contribution is -0.125. The number of rotatable bonds is 4. The van der Waals surface area contributed by atoms with Gasteiger partial charge in [0.05, 0.1) is 12.6 Å². The van der Waals surface area contributed by atoms with Crippen LogP contribution in [0.15, 0.2) is 4.52 Å². The van der Waals surface area contributed by atoms with Gasteiger partial charge in [0.15, 0.2) is 5.82 Å². The summed E-state index contributed by atoms with van der Waals surface area (Å²) in [6.45, 7) is 5.96. The highest BCUT2D eigenvalue weighted by Crippen LogP contribution is 2.18. The fourth-order valence-corrected chi connectivity index (χ4v) is 1.91. The topological polar surface area (TPSA) is 71.3 Å². The van der Waals surface area contributed by atoms with Gasteiger partial charge in [-0.1, -0.05) is 12.1 Å². The summed E-state index contributed by atoms with van der Waals surface area (Å²) in [5.41, 5.74) is 0. The molecule has 1 fully saturated rings. The molecular weight excluding hydrogens is 220 g/mol. The Hall–Kier alpha value is -1.43. The van der Waals surface area contributed by atoms with Crippen LogP contribution in [0, 0.1) is 0 Å². The number of amides is 1. The van der Waals surface area contributed by atoms with Crippen LogP contribution >= 0.6 is 0 Å². The Morgan fingerprint density at radius 1 is 1.59 bits per heavy atom. The van der Waals surface area contributed by atoms with Crippen molar-refractivity contribution in [1.29, 1.82) is 0 Å². The molecule has 0 bridgehead atoms. The van der Waals surface area contributed by atoms with E-state index >= 15 is 0 Å². The minimum atomic E-state index is -0.000781. The van der Waals surface area contributed by atoms with E-state index in [1.165, 1.54) is 0 Å². The molecular formula is C11H18N4O2. The maximum atomic E-state index is 11.3. The van der Waals surface area contributed by atoms with E-state index in [1.807, 2.05) is 11.8 Å². The summed E-state index contributed by atoms with van der Waals surface area (Å²) in [6, 6.07) is -0.000781. The Morgan fingerprint density at radius 3 is 3.12 bits per heavy atom. The van der Waals surface area contributed by atoms with Crippen LogP contribution in [0.3, 0.4) is 0 Å². The zero-order valence-electron chi connectivity index (χ0n) is 10.3. The SMILES string of the molecule is CCCc1noc(C(C)N2CCNC(=O)C2)n1. The number of hydrogen-bond acceptors (Lipinski definition) is 5. The standard InChI is InChI=1S/C11H18N4O2/c1-3-4-9-13-11(17-14-9)8(2)15-6-5-12-10(16)7-15/h8H,3-7H2,1-2H3,(H,12,16). The molecule has 6 heteroatoms. The van der Waals surface area contributed by atoms with Crippen molar-refractivity contribution in [2.24, 2.45) is 0 Å². The molecule has 1 amide bonds. The number of carbonyl (C=O) groups is 1. The molecule has 1 aliphatic rings. The summed E-state index contributed by atoms with van der Waals surface area (Å²) in [7, 11) is 0. The van der Waals surface area contributed by atoms with Crippen molar-refractivity contribution in [3.63, 3.8) is 0 Å². The summed E-state index contributed by atoms with van der Waals surface area (Å²) in [6.07, 6.45) is 1.83. The van der Waals surface area contributed by atoms with Crippen LogP contribution in [0.5, 0.6) is 0 Å². The molecule has 0 saturated carbocycles. The van der Waals surface area contributed by atoms with Gasteiger partial charge in [0.1, 0.15) is 0 Å². The number of carbonyl (C=O) groups excluding carboxylic acids is 1. The number of piperazine rings is 1. The highest BCUT2D eigenvalue weighted by atomic mass is 16.5. The first-order valence-electron chi connectivity index (χ1n) is 6.04. The Morgan fingerprint density at radius 2 is 2.41 bits per heavy atom. The van der Waals surface area contributed by atoms with Crippen molar-refractivity contribution in [2.75, 3.05) is 19.6 Å². The third-order valence-electron chi connectivity index (χ3n) is 2.93. The van der Waals surface area contributed by atoms with E-state index in [0.29, 0.717) is 19.0 Å². The molecule has 1 unspecified atom stereocenters. The Bertz CT molecular complexity index is 391. The lowest BCUT2D eigenvalue weighted by atomic mass is 10.2. The van der Waals surface area contributed by atoms with Crippen LogP contribution in [0.1, 0.15) is 38.0 Å². The van der Waals surface area contributed by atoms with Crippen molar-refractivity contribution in [3.8, 4) is 0 Å². The predicted octanol–water partition coefficient (Wildman–Crippen LogP) is 0.515. The summed E-state index contributed by atoms with van der Waals surface area (Å²) in [4.78, 5) is 17.7. The zero-order valence-corrected chi connectivity index (χ0v) is 10.3. The van der Waals surface area contributed by atoms with Gasteiger partial charge < -0.3 is 9.84 Å². The first-order valence-corrected chi connectivity index (χ1v) is 6.04. The maximum absolute atomic E-state index is 11.3. The molecule has 94 valence electrons. The molecule has 1 N–H and O–H groups in total. The van der Waals surface area contributed by atoms with Crippen molar-refractivity contribution in [3.05, 3.63) is 11.7 Å². The average Bonchev–Trinajstić information content (AvgIpc) is 2.77. The zero-order chi connectivity index (χ0) is 12.3. The first-order chi connectivity index (χ1) is 8.20. The second-order valence-corrected chi connectivity index (χ2v) is 4.30. The van der Waals surface area contributed by atoms with Crippen molar-refractivity contribution in [2.45, 2.75) is 32.7 Å². The van der Waals surface area contributed by atoms with Crippen LogP contribution in [0.2, 0.25) is 0 Å². The van der Waals surface area contributed by atoms with Gasteiger partial charge in [0.2, 0.25) is 11.8 Å². The molecule has 0 aliphatic carbocycles. The number of hydrogen-bond donors (Lipinski definition) is 1. The van der Waals surface area contributed by atoms with E-state index in [2.05, 4.69) is 22.4 Å². The summed E-state index contributed by atoms with van der Waals surface area (Å²) in [5.74, 6) is 1.40. The summed E-state index contributed by atoms with van der Waals surface area (Å²) in [5, 5.41) is 6.72. The number of aromatic nitrogens is 2. The lowest BCUT2D eigenvalue weighted by Crippen LogP contribution is -2.48. The number of nitrogens with one attached hydrogen (secondary N) is 1. The van der Waals surface area contributed by atoms with E-state index in [0.717, 1.165) is 25.2 Å². The van der Waals surface area contributed by atoms with Crippen molar-refractivity contribution >= 4 is 5.91 Å². The molecule has 2 heterocycles. The Labute approximate surface area is 100 Å². The molecule has 0 spiro atoms. The van der Waals surface area contributed by atoms with Crippen molar-refractivity contribution < 1.29 is 9.32 Å². The predicted molar refractivity (Wildman–Crippen MR) is 61.3 cm³/mol. The molecule has 1 aromatic heterocycles. The van der Waals surface area contributed by atoms with E-state index < -0.39 is 0 Å². The van der Waals surface area contributed by atoms with Crippen LogP contribution in [0.25, 0.3) is 0 Å². The fourth-order valence-electron chi connectivity index (χ4n) is 1.91. The van der Waals surface area contributed by atoms with Gasteiger partial charge in [0.25, 0.3) is 0 Å². The second-order valence-electron chi connectivity index (χ2n) is 4.30. The molecule has 1 saturated heterocycles. The Balaban J connectivity index is 2.02. The molecule has 0 radical (unpaired) electrons. The Kier molecular flexibility index (Phi) is 3.73. The average molecular weight is 238 g/mol. The van der Waals surface area contributed by atoms with Crippen molar-refractivity contribution in [1.82, 2.24) is 20.4 Å². The van der Waals surface area contributed by atoms with E-state index in [1.54, 1.807) is 0 Å². The number of aryl methyl sites for hydroxylation is 1. The van der Waals surface area contributed by atoms with Crippen LogP contribution in [-0.2, 0) is 11.2 Å². The lowest BCUT2D eigenvalue weighted by Gasteiger charge is -2.29. The van der Waals surface area contributed by atoms with Gasteiger partial charge in [0, 0.05) is 19.5 Å². The van der Waals surface area contributed by atoms with E-state index in [-0.39, 0.29) is 11.9 Å². The van der Waals surface area contributed by atoms with E-state index in [9.17, 15) is 4.79 Å². The minimum Gasteiger partial charge on any atom is -0.354 e. The normalized spacial score (nSPS) is 19.1. The molecule has 1 aromatic rings. The quantitative estimate of drug-likeness (QED) is 0.827. The summed E-state index contributed by atoms with van der Waals surface area (Å²) >= 11 is 0. The molecule has 1 aliphatic heterocycles. The van der Waals surface area contributed by atoms with Gasteiger partial charge in [-0.2, -0.15) is 4.98 Å². The maximum Gasteiger partial charge on any atom is 0.243 e. The minimum absolute atomic E-state index is 0.000781. The monoisotopic (exact) mass is 238 g/mol. The highest BCUT2D eigenvalue weighted by Gasteiger charge is 2.25. The summed E-state index contributed by atoms with van der Waals surface area (Å²) < 4.78 is 5.23. The fraction of sp³-hybridized carbons (Fsp3) is 0.727. The third-order valence-corrected chi connectivity index (χ3v) is 2.93. The smallest absolute Gasteiger partial charge is 0.243 e. The third kappa shape index (κ3) is 2.82. The van der Waals surface area contributed by atoms with Gasteiger partial charge in [-0.25, -0.2) is 0 Å². The second kappa shape index (κ2) is 5.27. The number of nitrogens with zero attached hydrogens (tertiary/aromatic N) is 3. The van der Waals surface area contributed by atoms with E-state index in [4.69, 9.17) is 4.52 Å². The van der Waals surface area contributed by atoms with Crippen LogP contribution in [0.4, 0.5) is 0 Å². The molecule has 1 atom stereocenters. The van der Waals surface area contributed by atoms with Gasteiger partial charge in [-0.15, -0.1) is 0 Å². The molecule has 17 heavy (non-hydrogen) atoms. The largest absolute Gasteiger partial charge is 0.354 e. The molecule has 0 aromatic carbocycles. The highest BCUT2D eigenvalue weighted by molar-refractivity contribution is 5.78. The van der Waals surface area contributed by atoms with Gasteiger partial charge >= 0.3 is 0 Å². The van der Waals surface area contributed by atoms with Crippen LogP contribution in [-0.4, -0.2) is 40.6 Å². The van der Waals surface area contributed by atoms with Gasteiger partial charge in [-0.05, 0) is 13.3 Å².